The molecule has 0 bridgehead atoms. The molecule has 0 unspecified atom stereocenters. The summed E-state index contributed by atoms with van der Waals surface area (Å²) >= 11 is 18.1. The van der Waals surface area contributed by atoms with Gasteiger partial charge in [0.2, 0.25) is 11.8 Å². The number of hydrogen-bond donors (Lipinski definition) is 1. The van der Waals surface area contributed by atoms with E-state index in [1.54, 1.807) is 19.9 Å². The van der Waals surface area contributed by atoms with Crippen molar-refractivity contribution in [2.75, 3.05) is 17.9 Å². The molecule has 2 amide bonds. The number of likely N-dealkylation sites (N-methyl/N-ethyl adjacent to an activating group) is 1. The molecule has 0 saturated heterocycles. The molecule has 0 aromatic heterocycles. The van der Waals surface area contributed by atoms with Gasteiger partial charge in [0, 0.05) is 23.6 Å². The quantitative estimate of drug-likeness (QED) is 0.261. The summed E-state index contributed by atoms with van der Waals surface area (Å²) in [6.07, 6.45) is -4.76. The number of nitrogens with one attached hydrogen (secondary N) is 1. The van der Waals surface area contributed by atoms with E-state index in [2.05, 4.69) is 5.32 Å². The van der Waals surface area contributed by atoms with E-state index in [1.807, 2.05) is 0 Å². The van der Waals surface area contributed by atoms with Crippen LogP contribution in [0.3, 0.4) is 0 Å². The van der Waals surface area contributed by atoms with Crippen LogP contribution in [0.2, 0.25) is 15.1 Å². The topological polar surface area (TPSA) is 86.8 Å². The maximum absolute atomic E-state index is 13.9. The number of alkyl halides is 3. The minimum atomic E-state index is -4.90. The molecule has 0 fully saturated rings. The van der Waals surface area contributed by atoms with Gasteiger partial charge in [0.1, 0.15) is 12.6 Å². The Morgan fingerprint density at radius 2 is 1.60 bits per heavy atom. The fraction of sp³-hybridized carbons (Fsp3) is 0.286. The van der Waals surface area contributed by atoms with Crippen molar-refractivity contribution in [1.82, 2.24) is 10.2 Å². The fourth-order valence-electron chi connectivity index (χ4n) is 4.17. The van der Waals surface area contributed by atoms with Gasteiger partial charge in [0.25, 0.3) is 10.0 Å². The SMILES string of the molecule is CC[C@@H](C(=O)NC)N(Cc1ccc(Cl)cc1Cl)C(=O)CN(c1ccc(Cl)c(C(F)(F)F)c1)S(=O)(=O)c1ccc(C)cc1. The highest BCUT2D eigenvalue weighted by Gasteiger charge is 2.37. The molecule has 0 spiro atoms. The maximum Gasteiger partial charge on any atom is 0.417 e. The molecule has 14 heteroatoms. The van der Waals surface area contributed by atoms with Crippen LogP contribution in [0.25, 0.3) is 0 Å². The van der Waals surface area contributed by atoms with E-state index in [0.717, 1.165) is 22.6 Å². The zero-order chi connectivity index (χ0) is 31.4. The van der Waals surface area contributed by atoms with E-state index in [0.29, 0.717) is 21.0 Å². The molecule has 0 radical (unpaired) electrons. The Bertz CT molecular complexity index is 1570. The molecule has 226 valence electrons. The molecule has 0 aliphatic rings. The van der Waals surface area contributed by atoms with Crippen LogP contribution in [-0.2, 0) is 32.3 Å². The van der Waals surface area contributed by atoms with Gasteiger partial charge in [0.05, 0.1) is 21.2 Å². The number of carbonyl (C=O) groups excluding carboxylic acids is 2. The Hall–Kier alpha value is -2.99. The number of hydrogen-bond acceptors (Lipinski definition) is 4. The van der Waals surface area contributed by atoms with Crippen LogP contribution in [-0.4, -0.2) is 44.8 Å². The standard InChI is InChI=1S/C28H27Cl3F3N3O4S/c1-4-25(27(39)35-3)36(15-18-7-8-19(29)13-24(18)31)26(38)16-37(42(40,41)21-10-5-17(2)6-11-21)20-9-12-23(30)22(14-20)28(32,33)34/h5-14,25H,4,15-16H2,1-3H3,(H,35,39)/t25-/m0/s1. The monoisotopic (exact) mass is 663 g/mol. The van der Waals surface area contributed by atoms with Gasteiger partial charge in [-0.05, 0) is 61.4 Å². The first-order chi connectivity index (χ1) is 19.6. The molecule has 3 aromatic carbocycles. The first-order valence-corrected chi connectivity index (χ1v) is 15.1. The molecule has 1 atom stereocenters. The third-order valence-corrected chi connectivity index (χ3v) is 9.12. The molecule has 3 aromatic rings. The molecular formula is C28H27Cl3F3N3O4S. The zero-order valence-corrected chi connectivity index (χ0v) is 25.8. The third-order valence-electron chi connectivity index (χ3n) is 6.42. The second-order valence-electron chi connectivity index (χ2n) is 9.28. The van der Waals surface area contributed by atoms with E-state index in [1.165, 1.54) is 43.4 Å². The van der Waals surface area contributed by atoms with Crippen molar-refractivity contribution in [3.63, 3.8) is 0 Å². The Morgan fingerprint density at radius 1 is 0.952 bits per heavy atom. The van der Waals surface area contributed by atoms with Crippen molar-refractivity contribution in [1.29, 1.82) is 0 Å². The number of benzene rings is 3. The van der Waals surface area contributed by atoms with Crippen LogP contribution in [0.4, 0.5) is 18.9 Å². The predicted octanol–water partition coefficient (Wildman–Crippen LogP) is 6.72. The maximum atomic E-state index is 13.9. The van der Waals surface area contributed by atoms with Crippen molar-refractivity contribution in [2.45, 2.75) is 43.9 Å². The average molecular weight is 665 g/mol. The Labute approximate surface area is 257 Å². The van der Waals surface area contributed by atoms with E-state index < -0.39 is 56.9 Å². The van der Waals surface area contributed by atoms with Crippen LogP contribution in [0, 0.1) is 6.92 Å². The van der Waals surface area contributed by atoms with E-state index in [9.17, 15) is 31.2 Å². The predicted molar refractivity (Wildman–Crippen MR) is 157 cm³/mol. The van der Waals surface area contributed by atoms with Gasteiger partial charge in [-0.2, -0.15) is 13.2 Å². The summed E-state index contributed by atoms with van der Waals surface area (Å²) in [4.78, 5) is 27.6. The van der Waals surface area contributed by atoms with E-state index in [-0.39, 0.29) is 22.9 Å². The molecule has 0 saturated carbocycles. The normalized spacial score (nSPS) is 12.5. The van der Waals surface area contributed by atoms with Gasteiger partial charge in [-0.3, -0.25) is 13.9 Å². The number of aryl methyl sites for hydroxylation is 1. The Morgan fingerprint density at radius 3 is 2.14 bits per heavy atom. The van der Waals surface area contributed by atoms with Crippen molar-refractivity contribution in [3.05, 3.63) is 92.4 Å². The molecule has 3 rings (SSSR count). The highest BCUT2D eigenvalue weighted by molar-refractivity contribution is 7.92. The number of amides is 2. The second-order valence-corrected chi connectivity index (χ2v) is 12.4. The highest BCUT2D eigenvalue weighted by atomic mass is 35.5. The van der Waals surface area contributed by atoms with Crippen LogP contribution in [0.5, 0.6) is 0 Å². The summed E-state index contributed by atoms with van der Waals surface area (Å²) in [6.45, 7) is 2.23. The Balaban J connectivity index is 2.17. The van der Waals surface area contributed by atoms with Crippen molar-refractivity contribution in [2.24, 2.45) is 0 Å². The lowest BCUT2D eigenvalue weighted by Gasteiger charge is -2.33. The number of sulfonamides is 1. The average Bonchev–Trinajstić information content (AvgIpc) is 2.92. The van der Waals surface area contributed by atoms with Crippen LogP contribution >= 0.6 is 34.8 Å². The molecular weight excluding hydrogens is 638 g/mol. The largest absolute Gasteiger partial charge is 0.417 e. The van der Waals surface area contributed by atoms with Gasteiger partial charge in [-0.15, -0.1) is 0 Å². The van der Waals surface area contributed by atoms with Gasteiger partial charge >= 0.3 is 6.18 Å². The number of anilines is 1. The number of nitrogens with zero attached hydrogens (tertiary/aromatic N) is 2. The third kappa shape index (κ3) is 7.69. The lowest BCUT2D eigenvalue weighted by Crippen LogP contribution is -2.51. The number of halogens is 6. The van der Waals surface area contributed by atoms with Crippen LogP contribution in [0.15, 0.2) is 65.6 Å². The van der Waals surface area contributed by atoms with Crippen molar-refractivity contribution >= 4 is 62.3 Å². The number of rotatable bonds is 10. The summed E-state index contributed by atoms with van der Waals surface area (Å²) in [5.41, 5.74) is -0.571. The van der Waals surface area contributed by atoms with Gasteiger partial charge in [0.15, 0.2) is 0 Å². The van der Waals surface area contributed by atoms with E-state index in [4.69, 9.17) is 34.8 Å². The molecule has 0 aliphatic carbocycles. The van der Waals surface area contributed by atoms with E-state index >= 15 is 0 Å². The summed E-state index contributed by atoms with van der Waals surface area (Å²) in [5, 5.41) is 2.37. The lowest BCUT2D eigenvalue weighted by molar-refractivity contribution is -0.140. The van der Waals surface area contributed by atoms with Gasteiger partial charge in [-0.25, -0.2) is 8.42 Å². The molecule has 1 N–H and O–H groups in total. The summed E-state index contributed by atoms with van der Waals surface area (Å²) in [7, 11) is -3.21. The van der Waals surface area contributed by atoms with Crippen LogP contribution < -0.4 is 9.62 Å². The first kappa shape index (κ1) is 33.5. The van der Waals surface area contributed by atoms with Crippen molar-refractivity contribution < 1.29 is 31.2 Å². The summed E-state index contributed by atoms with van der Waals surface area (Å²) < 4.78 is 69.5. The molecule has 0 aliphatic heterocycles. The first-order valence-electron chi connectivity index (χ1n) is 12.5. The second kappa shape index (κ2) is 13.5. The van der Waals surface area contributed by atoms with Gasteiger partial charge in [-0.1, -0.05) is 65.5 Å². The number of carbonyl (C=O) groups is 2. The summed E-state index contributed by atoms with van der Waals surface area (Å²) in [5.74, 6) is -1.40. The van der Waals surface area contributed by atoms with Crippen LogP contribution in [0.1, 0.15) is 30.0 Å². The van der Waals surface area contributed by atoms with Crippen molar-refractivity contribution in [3.8, 4) is 0 Å². The minimum absolute atomic E-state index is 0.139. The fourth-order valence-corrected chi connectivity index (χ4v) is 6.27. The highest BCUT2D eigenvalue weighted by Crippen LogP contribution is 2.38. The minimum Gasteiger partial charge on any atom is -0.357 e. The molecule has 42 heavy (non-hydrogen) atoms. The van der Waals surface area contributed by atoms with Gasteiger partial charge < -0.3 is 10.2 Å². The lowest BCUT2D eigenvalue weighted by atomic mass is 10.1. The summed E-state index contributed by atoms with van der Waals surface area (Å²) in [6, 6.07) is 11.6. The molecule has 0 heterocycles. The Kier molecular flexibility index (Phi) is 10.8. The smallest absolute Gasteiger partial charge is 0.357 e. The zero-order valence-electron chi connectivity index (χ0n) is 22.7. The molecule has 7 nitrogen and oxygen atoms in total.